The summed E-state index contributed by atoms with van der Waals surface area (Å²) in [5.41, 5.74) is 25.3. The molecule has 1 aromatic rings. The van der Waals surface area contributed by atoms with Crippen LogP contribution in [0.25, 0.3) is 0 Å². The number of benzene rings is 1. The SMILES string of the molecule is Nc1ccc(C2C=C(Cl)C(N)C(N)C2N)cc1. The topological polar surface area (TPSA) is 104 Å². The maximum atomic E-state index is 6.11. The van der Waals surface area contributed by atoms with Crippen LogP contribution >= 0.6 is 11.6 Å². The van der Waals surface area contributed by atoms with Gasteiger partial charge in [0.25, 0.3) is 0 Å². The van der Waals surface area contributed by atoms with Crippen molar-refractivity contribution >= 4 is 17.3 Å². The molecule has 92 valence electrons. The molecular weight excluding hydrogens is 236 g/mol. The van der Waals surface area contributed by atoms with Crippen molar-refractivity contribution in [3.8, 4) is 0 Å². The standard InChI is InChI=1S/C12H17ClN4/c13-9-5-8(10(15)12(17)11(9)16)6-1-3-7(14)4-2-6/h1-5,8,10-12H,14-17H2. The van der Waals surface area contributed by atoms with Gasteiger partial charge in [-0.05, 0) is 17.7 Å². The van der Waals surface area contributed by atoms with Gasteiger partial charge in [0.2, 0.25) is 0 Å². The van der Waals surface area contributed by atoms with Crippen molar-refractivity contribution in [1.29, 1.82) is 0 Å². The van der Waals surface area contributed by atoms with Gasteiger partial charge in [0.1, 0.15) is 0 Å². The molecule has 0 spiro atoms. The Morgan fingerprint density at radius 3 is 2.12 bits per heavy atom. The highest BCUT2D eigenvalue weighted by Gasteiger charge is 2.34. The summed E-state index contributed by atoms with van der Waals surface area (Å²) in [6.07, 6.45) is 1.88. The summed E-state index contributed by atoms with van der Waals surface area (Å²) in [7, 11) is 0. The fourth-order valence-electron chi connectivity index (χ4n) is 2.09. The number of hydrogen-bond acceptors (Lipinski definition) is 4. The van der Waals surface area contributed by atoms with Crippen LogP contribution in [0.1, 0.15) is 11.5 Å². The van der Waals surface area contributed by atoms with E-state index in [2.05, 4.69) is 0 Å². The monoisotopic (exact) mass is 252 g/mol. The molecule has 0 saturated carbocycles. The number of halogens is 1. The Balaban J connectivity index is 2.35. The third kappa shape index (κ3) is 2.30. The molecule has 0 saturated heterocycles. The minimum absolute atomic E-state index is 0.0158. The molecule has 0 fully saturated rings. The maximum absolute atomic E-state index is 6.11. The second-order valence-corrected chi connectivity index (χ2v) is 4.86. The summed E-state index contributed by atoms with van der Waals surface area (Å²) in [4.78, 5) is 0. The van der Waals surface area contributed by atoms with Gasteiger partial charge in [-0.2, -0.15) is 0 Å². The number of nitrogens with two attached hydrogens (primary N) is 4. The van der Waals surface area contributed by atoms with Crippen LogP contribution in [0.5, 0.6) is 0 Å². The first-order valence-corrected chi connectivity index (χ1v) is 5.88. The molecular formula is C12H17ClN4. The number of rotatable bonds is 1. The lowest BCUT2D eigenvalue weighted by Crippen LogP contribution is -2.57. The third-order valence-corrected chi connectivity index (χ3v) is 3.63. The van der Waals surface area contributed by atoms with Gasteiger partial charge in [0.15, 0.2) is 0 Å². The second kappa shape index (κ2) is 4.66. The molecule has 0 aromatic heterocycles. The lowest BCUT2D eigenvalue weighted by Gasteiger charge is -2.35. The molecule has 4 unspecified atom stereocenters. The van der Waals surface area contributed by atoms with E-state index in [4.69, 9.17) is 34.5 Å². The van der Waals surface area contributed by atoms with Gasteiger partial charge in [-0.1, -0.05) is 29.8 Å². The van der Waals surface area contributed by atoms with Crippen LogP contribution in [-0.4, -0.2) is 18.1 Å². The van der Waals surface area contributed by atoms with Gasteiger partial charge in [-0.25, -0.2) is 0 Å². The normalized spacial score (nSPS) is 33.3. The van der Waals surface area contributed by atoms with Gasteiger partial charge in [-0.15, -0.1) is 0 Å². The minimum atomic E-state index is -0.378. The maximum Gasteiger partial charge on any atom is 0.0569 e. The Kier molecular flexibility index (Phi) is 3.40. The van der Waals surface area contributed by atoms with E-state index in [9.17, 15) is 0 Å². The molecule has 1 aliphatic rings. The van der Waals surface area contributed by atoms with E-state index in [0.29, 0.717) is 10.7 Å². The lowest BCUT2D eigenvalue weighted by atomic mass is 9.80. The van der Waals surface area contributed by atoms with Crippen LogP contribution in [0, 0.1) is 0 Å². The highest BCUT2D eigenvalue weighted by molar-refractivity contribution is 6.30. The highest BCUT2D eigenvalue weighted by atomic mass is 35.5. The molecule has 17 heavy (non-hydrogen) atoms. The Labute approximate surface area is 106 Å². The van der Waals surface area contributed by atoms with Gasteiger partial charge >= 0.3 is 0 Å². The molecule has 0 heterocycles. The zero-order chi connectivity index (χ0) is 12.6. The fourth-order valence-corrected chi connectivity index (χ4v) is 2.37. The fraction of sp³-hybridized carbons (Fsp3) is 0.333. The van der Waals surface area contributed by atoms with Crippen molar-refractivity contribution in [3.63, 3.8) is 0 Å². The van der Waals surface area contributed by atoms with Crippen molar-refractivity contribution in [3.05, 3.63) is 40.9 Å². The average Bonchev–Trinajstić information content (AvgIpc) is 2.32. The first-order valence-electron chi connectivity index (χ1n) is 5.50. The average molecular weight is 253 g/mol. The van der Waals surface area contributed by atoms with Crippen molar-refractivity contribution in [2.75, 3.05) is 5.73 Å². The summed E-state index contributed by atoms with van der Waals surface area (Å²) >= 11 is 6.08. The van der Waals surface area contributed by atoms with Crippen molar-refractivity contribution in [1.82, 2.24) is 0 Å². The van der Waals surface area contributed by atoms with Gasteiger partial charge in [-0.3, -0.25) is 0 Å². The van der Waals surface area contributed by atoms with Crippen LogP contribution in [0.2, 0.25) is 0 Å². The Hall–Kier alpha value is -1.07. The molecule has 8 N–H and O–H groups in total. The largest absolute Gasteiger partial charge is 0.399 e. The summed E-state index contributed by atoms with van der Waals surface area (Å²) in [6, 6.07) is 6.59. The Morgan fingerprint density at radius 2 is 1.53 bits per heavy atom. The molecule has 0 aliphatic heterocycles. The molecule has 0 radical (unpaired) electrons. The smallest absolute Gasteiger partial charge is 0.0569 e. The molecule has 4 atom stereocenters. The van der Waals surface area contributed by atoms with E-state index in [1.54, 1.807) is 0 Å². The summed E-state index contributed by atoms with van der Waals surface area (Å²) < 4.78 is 0. The summed E-state index contributed by atoms with van der Waals surface area (Å²) in [6.45, 7) is 0. The van der Waals surface area contributed by atoms with Crippen LogP contribution in [0.3, 0.4) is 0 Å². The summed E-state index contributed by atoms with van der Waals surface area (Å²) in [5.74, 6) is -0.0158. The lowest BCUT2D eigenvalue weighted by molar-refractivity contribution is 0.430. The Bertz CT molecular complexity index is 429. The quantitative estimate of drug-likeness (QED) is 0.546. The molecule has 1 aliphatic carbocycles. The van der Waals surface area contributed by atoms with E-state index in [1.807, 2.05) is 30.3 Å². The van der Waals surface area contributed by atoms with Crippen molar-refractivity contribution in [2.24, 2.45) is 17.2 Å². The molecule has 0 bridgehead atoms. The number of anilines is 1. The third-order valence-electron chi connectivity index (χ3n) is 3.25. The van der Waals surface area contributed by atoms with Crippen LogP contribution in [0.15, 0.2) is 35.4 Å². The van der Waals surface area contributed by atoms with E-state index >= 15 is 0 Å². The van der Waals surface area contributed by atoms with Gasteiger partial charge < -0.3 is 22.9 Å². The molecule has 2 rings (SSSR count). The van der Waals surface area contributed by atoms with E-state index < -0.39 is 0 Å². The van der Waals surface area contributed by atoms with Crippen LogP contribution in [-0.2, 0) is 0 Å². The van der Waals surface area contributed by atoms with Crippen molar-refractivity contribution < 1.29 is 0 Å². The minimum Gasteiger partial charge on any atom is -0.399 e. The van der Waals surface area contributed by atoms with E-state index in [0.717, 1.165) is 5.56 Å². The first kappa shape index (κ1) is 12.4. The highest BCUT2D eigenvalue weighted by Crippen LogP contribution is 2.31. The number of hydrogen-bond donors (Lipinski definition) is 4. The number of nitrogen functional groups attached to an aromatic ring is 1. The Morgan fingerprint density at radius 1 is 0.941 bits per heavy atom. The summed E-state index contributed by atoms with van der Waals surface area (Å²) in [5, 5.41) is 0.570. The molecule has 5 heteroatoms. The van der Waals surface area contributed by atoms with Gasteiger partial charge in [0, 0.05) is 28.7 Å². The second-order valence-electron chi connectivity index (χ2n) is 4.42. The first-order chi connectivity index (χ1) is 8.00. The van der Waals surface area contributed by atoms with Crippen molar-refractivity contribution in [2.45, 2.75) is 24.0 Å². The zero-order valence-electron chi connectivity index (χ0n) is 9.38. The van der Waals surface area contributed by atoms with Crippen LogP contribution in [0.4, 0.5) is 5.69 Å². The van der Waals surface area contributed by atoms with E-state index in [-0.39, 0.29) is 24.0 Å². The predicted octanol–water partition coefficient (Wildman–Crippen LogP) is 0.471. The zero-order valence-corrected chi connectivity index (χ0v) is 10.1. The molecule has 1 aromatic carbocycles. The molecule has 0 amide bonds. The van der Waals surface area contributed by atoms with Crippen LogP contribution < -0.4 is 22.9 Å². The van der Waals surface area contributed by atoms with Gasteiger partial charge in [0.05, 0.1) is 6.04 Å². The van der Waals surface area contributed by atoms with E-state index in [1.165, 1.54) is 0 Å². The predicted molar refractivity (Wildman–Crippen MR) is 71.5 cm³/mol. The molecule has 4 nitrogen and oxygen atoms in total.